The molecule has 0 aromatic heterocycles. The zero-order valence-corrected chi connectivity index (χ0v) is 13.0. The van der Waals surface area contributed by atoms with Crippen molar-refractivity contribution in [2.75, 3.05) is 6.61 Å². The molecule has 22 heavy (non-hydrogen) atoms. The highest BCUT2D eigenvalue weighted by molar-refractivity contribution is 5.88. The monoisotopic (exact) mass is 301 g/mol. The minimum Gasteiger partial charge on any atom is -0.493 e. The lowest BCUT2D eigenvalue weighted by atomic mass is 10.1. The molecule has 1 heterocycles. The molecular weight excluding hydrogens is 282 g/mol. The fourth-order valence-electron chi connectivity index (χ4n) is 2.26. The first-order valence-electron chi connectivity index (χ1n) is 7.28. The van der Waals surface area contributed by atoms with Gasteiger partial charge in [0.05, 0.1) is 6.61 Å². The van der Waals surface area contributed by atoms with Crippen LogP contribution in [0, 0.1) is 11.3 Å². The third-order valence-corrected chi connectivity index (χ3v) is 3.20. The topological polar surface area (TPSA) is 68.5 Å². The number of nitriles is 1. The lowest BCUT2D eigenvalue weighted by Gasteiger charge is -2.10. The summed E-state index contributed by atoms with van der Waals surface area (Å²) in [4.78, 5) is 11.6. The number of esters is 1. The van der Waals surface area contributed by atoms with Crippen LogP contribution in [0.3, 0.4) is 0 Å². The third kappa shape index (κ3) is 3.79. The summed E-state index contributed by atoms with van der Waals surface area (Å²) in [5.74, 6) is 0.956. The molecule has 1 aromatic carbocycles. The van der Waals surface area contributed by atoms with E-state index in [-0.39, 0.29) is 6.10 Å². The van der Waals surface area contributed by atoms with Gasteiger partial charge in [0.2, 0.25) is 0 Å². The van der Waals surface area contributed by atoms with E-state index in [0.29, 0.717) is 12.4 Å². The molecular formula is C17H19NO4. The van der Waals surface area contributed by atoms with Crippen LogP contribution in [-0.4, -0.2) is 24.8 Å². The maximum Gasteiger partial charge on any atom is 0.332 e. The van der Waals surface area contributed by atoms with E-state index < -0.39 is 12.1 Å². The van der Waals surface area contributed by atoms with Crippen molar-refractivity contribution in [3.05, 3.63) is 29.3 Å². The van der Waals surface area contributed by atoms with Gasteiger partial charge in [-0.25, -0.2) is 4.79 Å². The molecule has 2 atom stereocenters. The Balaban J connectivity index is 2.21. The molecule has 0 saturated carbocycles. The number of hydrogen-bond donors (Lipinski definition) is 0. The molecule has 0 bridgehead atoms. The third-order valence-electron chi connectivity index (χ3n) is 3.20. The van der Waals surface area contributed by atoms with Crippen LogP contribution in [-0.2, 0) is 16.0 Å². The number of ether oxygens (including phenoxy) is 3. The molecule has 116 valence electrons. The molecule has 5 heteroatoms. The van der Waals surface area contributed by atoms with Crippen molar-refractivity contribution in [2.45, 2.75) is 39.4 Å². The number of hydrogen-bond acceptors (Lipinski definition) is 5. The van der Waals surface area contributed by atoms with Crippen molar-refractivity contribution < 1.29 is 19.0 Å². The average molecular weight is 301 g/mol. The van der Waals surface area contributed by atoms with Crippen molar-refractivity contribution in [2.24, 2.45) is 0 Å². The van der Waals surface area contributed by atoms with Gasteiger partial charge in [-0.05, 0) is 39.0 Å². The molecule has 2 rings (SSSR count). The van der Waals surface area contributed by atoms with Crippen molar-refractivity contribution in [1.29, 1.82) is 5.26 Å². The zero-order chi connectivity index (χ0) is 16.1. The van der Waals surface area contributed by atoms with Crippen LogP contribution in [0.4, 0.5) is 0 Å². The van der Waals surface area contributed by atoms with E-state index in [1.165, 1.54) is 13.0 Å². The SMILES string of the molecule is CCOc1cc2c(cc1/C=C/C(=O)O[C@@H](C)C#N)O[C@H](C)C2. The Morgan fingerprint density at radius 2 is 2.36 bits per heavy atom. The number of nitrogens with zero attached hydrogens (tertiary/aromatic N) is 1. The van der Waals surface area contributed by atoms with E-state index in [4.69, 9.17) is 19.5 Å². The second kappa shape index (κ2) is 6.99. The van der Waals surface area contributed by atoms with E-state index in [9.17, 15) is 4.79 Å². The quantitative estimate of drug-likeness (QED) is 0.618. The first-order valence-corrected chi connectivity index (χ1v) is 7.28. The standard InChI is InChI=1S/C17H19NO4/c1-4-20-15-9-14-7-11(2)21-16(14)8-13(15)5-6-17(19)22-12(3)10-18/h5-6,8-9,11-12H,4,7H2,1-3H3/b6-5+/t11-,12+/m1/s1. The van der Waals surface area contributed by atoms with Crippen molar-refractivity contribution >= 4 is 12.0 Å². The summed E-state index contributed by atoms with van der Waals surface area (Å²) in [7, 11) is 0. The summed E-state index contributed by atoms with van der Waals surface area (Å²) in [6.07, 6.45) is 3.12. The minimum absolute atomic E-state index is 0.144. The maximum atomic E-state index is 11.6. The molecule has 0 saturated heterocycles. The van der Waals surface area contributed by atoms with Gasteiger partial charge in [-0.1, -0.05) is 0 Å². The average Bonchev–Trinajstić information content (AvgIpc) is 2.84. The Hall–Kier alpha value is -2.48. The predicted molar refractivity (Wildman–Crippen MR) is 81.6 cm³/mol. The van der Waals surface area contributed by atoms with Gasteiger partial charge < -0.3 is 14.2 Å². The number of benzene rings is 1. The second-order valence-corrected chi connectivity index (χ2v) is 5.10. The van der Waals surface area contributed by atoms with Crippen LogP contribution in [0.2, 0.25) is 0 Å². The second-order valence-electron chi connectivity index (χ2n) is 5.10. The molecule has 5 nitrogen and oxygen atoms in total. The Morgan fingerprint density at radius 3 is 3.05 bits per heavy atom. The molecule has 1 aliphatic heterocycles. The number of rotatable bonds is 5. The van der Waals surface area contributed by atoms with Crippen LogP contribution >= 0.6 is 0 Å². The lowest BCUT2D eigenvalue weighted by molar-refractivity contribution is -0.139. The van der Waals surface area contributed by atoms with Gasteiger partial charge in [0, 0.05) is 23.6 Å². The first-order chi connectivity index (χ1) is 10.5. The van der Waals surface area contributed by atoms with Crippen LogP contribution in [0.15, 0.2) is 18.2 Å². The van der Waals surface area contributed by atoms with Crippen molar-refractivity contribution in [1.82, 2.24) is 0 Å². The minimum atomic E-state index is -0.771. The Bertz CT molecular complexity index is 630. The zero-order valence-electron chi connectivity index (χ0n) is 13.0. The molecule has 0 aliphatic carbocycles. The van der Waals surface area contributed by atoms with Crippen molar-refractivity contribution in [3.8, 4) is 17.6 Å². The van der Waals surface area contributed by atoms with Gasteiger partial charge in [0.25, 0.3) is 0 Å². The van der Waals surface area contributed by atoms with Gasteiger partial charge in [0.15, 0.2) is 6.10 Å². The van der Waals surface area contributed by atoms with E-state index in [1.54, 1.807) is 6.08 Å². The highest BCUT2D eigenvalue weighted by Crippen LogP contribution is 2.35. The van der Waals surface area contributed by atoms with Crippen LogP contribution in [0.25, 0.3) is 6.08 Å². The summed E-state index contributed by atoms with van der Waals surface area (Å²) >= 11 is 0. The Labute approximate surface area is 130 Å². The normalized spacial score (nSPS) is 17.5. The largest absolute Gasteiger partial charge is 0.493 e. The predicted octanol–water partition coefficient (Wildman–Crippen LogP) is 2.88. The Morgan fingerprint density at radius 1 is 1.59 bits per heavy atom. The summed E-state index contributed by atoms with van der Waals surface area (Å²) in [5.41, 5.74) is 1.85. The highest BCUT2D eigenvalue weighted by atomic mass is 16.5. The number of fused-ring (bicyclic) bond motifs is 1. The molecule has 0 amide bonds. The highest BCUT2D eigenvalue weighted by Gasteiger charge is 2.21. The van der Waals surface area contributed by atoms with Gasteiger partial charge in [-0.2, -0.15) is 5.26 Å². The van der Waals surface area contributed by atoms with Crippen molar-refractivity contribution in [3.63, 3.8) is 0 Å². The van der Waals surface area contributed by atoms with Crippen LogP contribution in [0.1, 0.15) is 31.9 Å². The lowest BCUT2D eigenvalue weighted by Crippen LogP contribution is -2.10. The van der Waals surface area contributed by atoms with Gasteiger partial charge in [-0.15, -0.1) is 0 Å². The fourth-order valence-corrected chi connectivity index (χ4v) is 2.26. The summed E-state index contributed by atoms with van der Waals surface area (Å²) in [6.45, 7) is 5.97. The van der Waals surface area contributed by atoms with Gasteiger partial charge in [-0.3, -0.25) is 0 Å². The number of carbonyl (C=O) groups excluding carboxylic acids is 1. The maximum absolute atomic E-state index is 11.6. The molecule has 1 aliphatic rings. The summed E-state index contributed by atoms with van der Waals surface area (Å²) in [6, 6.07) is 5.65. The molecule has 0 N–H and O–H groups in total. The fraction of sp³-hybridized carbons (Fsp3) is 0.412. The smallest absolute Gasteiger partial charge is 0.332 e. The Kier molecular flexibility index (Phi) is 5.05. The number of carbonyl (C=O) groups is 1. The van der Waals surface area contributed by atoms with Crippen LogP contribution in [0.5, 0.6) is 11.5 Å². The van der Waals surface area contributed by atoms with E-state index in [0.717, 1.165) is 23.3 Å². The summed E-state index contributed by atoms with van der Waals surface area (Å²) in [5, 5.41) is 8.63. The molecule has 0 radical (unpaired) electrons. The molecule has 0 unspecified atom stereocenters. The van der Waals surface area contributed by atoms with Gasteiger partial charge in [0.1, 0.15) is 23.7 Å². The van der Waals surface area contributed by atoms with Gasteiger partial charge >= 0.3 is 5.97 Å². The first kappa shape index (κ1) is 15.9. The van der Waals surface area contributed by atoms with E-state index >= 15 is 0 Å². The van der Waals surface area contributed by atoms with E-state index in [2.05, 4.69) is 0 Å². The molecule has 0 fully saturated rings. The molecule has 1 aromatic rings. The van der Waals surface area contributed by atoms with E-state index in [1.807, 2.05) is 32.0 Å². The summed E-state index contributed by atoms with van der Waals surface area (Å²) < 4.78 is 16.2. The van der Waals surface area contributed by atoms with Crippen LogP contribution < -0.4 is 9.47 Å². The molecule has 0 spiro atoms.